The van der Waals surface area contributed by atoms with Gasteiger partial charge in [0.15, 0.2) is 23.3 Å². The molecule has 0 unspecified atom stereocenters. The summed E-state index contributed by atoms with van der Waals surface area (Å²) in [4.78, 5) is 1.53. The number of hydrogen-bond donors (Lipinski definition) is 1. The molecule has 0 bridgehead atoms. The van der Waals surface area contributed by atoms with Crippen LogP contribution in [0.1, 0.15) is 5.56 Å². The fourth-order valence-electron chi connectivity index (χ4n) is 1.70. The van der Waals surface area contributed by atoms with Gasteiger partial charge in [-0.25, -0.2) is 17.9 Å². The van der Waals surface area contributed by atoms with Gasteiger partial charge in [-0.1, -0.05) is 0 Å². The minimum absolute atomic E-state index is 0.0696. The van der Waals surface area contributed by atoms with Crippen LogP contribution in [0.5, 0.6) is 0 Å². The van der Waals surface area contributed by atoms with Gasteiger partial charge in [0.1, 0.15) is 17.5 Å². The first kappa shape index (κ1) is 13.7. The second-order valence-corrected chi connectivity index (χ2v) is 4.23. The highest BCUT2D eigenvalue weighted by Gasteiger charge is 2.20. The molecule has 0 aliphatic heterocycles. The number of halogens is 3. The molecule has 0 saturated carbocycles. The molecule has 0 aliphatic rings. The number of nitrogens with two attached hydrogens (primary N) is 1. The Morgan fingerprint density at radius 3 is 2.20 bits per heavy atom. The quantitative estimate of drug-likeness (QED) is 0.852. The summed E-state index contributed by atoms with van der Waals surface area (Å²) >= 11 is 0. The van der Waals surface area contributed by atoms with Crippen molar-refractivity contribution in [2.75, 3.05) is 24.7 Å². The summed E-state index contributed by atoms with van der Waals surface area (Å²) in [6, 6.07) is 3.37. The van der Waals surface area contributed by atoms with E-state index in [1.54, 1.807) is 14.1 Å². The summed E-state index contributed by atoms with van der Waals surface area (Å²) in [6.07, 6.45) is 0. The third kappa shape index (κ3) is 2.03. The lowest BCUT2D eigenvalue weighted by Gasteiger charge is -2.07. The van der Waals surface area contributed by atoms with Crippen LogP contribution in [-0.4, -0.2) is 23.9 Å². The molecule has 2 aromatic rings. The van der Waals surface area contributed by atoms with Crippen LogP contribution in [0.3, 0.4) is 0 Å². The Labute approximate surface area is 112 Å². The van der Waals surface area contributed by atoms with Crippen LogP contribution in [0.4, 0.5) is 24.8 Å². The number of nitrogen functional groups attached to an aromatic ring is 1. The lowest BCUT2D eigenvalue weighted by molar-refractivity contribution is 0.446. The molecule has 0 radical (unpaired) electrons. The van der Waals surface area contributed by atoms with Gasteiger partial charge in [-0.15, -0.1) is 5.10 Å². The van der Waals surface area contributed by atoms with E-state index < -0.39 is 17.5 Å². The fraction of sp³-hybridized carbons (Fsp3) is 0.167. The molecule has 5 nitrogen and oxygen atoms in total. The van der Waals surface area contributed by atoms with E-state index in [1.807, 2.05) is 6.07 Å². The molecule has 0 aliphatic carbocycles. The first-order valence-corrected chi connectivity index (χ1v) is 5.47. The highest BCUT2D eigenvalue weighted by Crippen LogP contribution is 2.27. The Hall–Kier alpha value is -2.69. The number of nitrogens with zero attached hydrogens (tertiary/aromatic N) is 4. The predicted molar refractivity (Wildman–Crippen MR) is 66.9 cm³/mol. The predicted octanol–water partition coefficient (Wildman–Crippen LogP) is 1.81. The Morgan fingerprint density at radius 2 is 1.80 bits per heavy atom. The molecule has 0 amide bonds. The molecule has 1 heterocycles. The second kappa shape index (κ2) is 4.77. The highest BCUT2D eigenvalue weighted by atomic mass is 19.2. The van der Waals surface area contributed by atoms with Gasteiger partial charge in [-0.2, -0.15) is 5.26 Å². The van der Waals surface area contributed by atoms with Crippen molar-refractivity contribution in [2.24, 2.45) is 0 Å². The Bertz CT molecular complexity index is 692. The average Bonchev–Trinajstić information content (AvgIpc) is 2.72. The van der Waals surface area contributed by atoms with Crippen LogP contribution in [0.25, 0.3) is 5.69 Å². The number of anilines is 2. The van der Waals surface area contributed by atoms with Crippen LogP contribution in [0.15, 0.2) is 12.1 Å². The fourth-order valence-corrected chi connectivity index (χ4v) is 1.70. The molecule has 1 aromatic carbocycles. The van der Waals surface area contributed by atoms with Gasteiger partial charge in [0.25, 0.3) is 0 Å². The SMILES string of the molecule is CN(C)c1nn(-c2cc(F)c(F)c(F)c2)c(N)c1C#N. The van der Waals surface area contributed by atoms with Crippen LogP contribution in [0, 0.1) is 28.8 Å². The third-order valence-electron chi connectivity index (χ3n) is 2.65. The van der Waals surface area contributed by atoms with E-state index >= 15 is 0 Å². The number of aromatic nitrogens is 2. The van der Waals surface area contributed by atoms with E-state index in [0.29, 0.717) is 0 Å². The summed E-state index contributed by atoms with van der Waals surface area (Å²) in [5.41, 5.74) is 5.70. The van der Waals surface area contributed by atoms with Crippen molar-refractivity contribution >= 4 is 11.6 Å². The van der Waals surface area contributed by atoms with E-state index in [2.05, 4.69) is 5.10 Å². The largest absolute Gasteiger partial charge is 0.382 e. The van der Waals surface area contributed by atoms with E-state index in [0.717, 1.165) is 16.8 Å². The number of hydrogen-bond acceptors (Lipinski definition) is 4. The van der Waals surface area contributed by atoms with Gasteiger partial charge in [-0.05, 0) is 0 Å². The van der Waals surface area contributed by atoms with Gasteiger partial charge in [0.2, 0.25) is 0 Å². The third-order valence-corrected chi connectivity index (χ3v) is 2.65. The topological polar surface area (TPSA) is 70.9 Å². The van der Waals surface area contributed by atoms with Crippen molar-refractivity contribution in [3.8, 4) is 11.8 Å². The molecule has 1 aromatic heterocycles. The maximum atomic E-state index is 13.2. The van der Waals surface area contributed by atoms with Gasteiger partial charge in [-0.3, -0.25) is 0 Å². The van der Waals surface area contributed by atoms with Crippen LogP contribution < -0.4 is 10.6 Å². The minimum atomic E-state index is -1.58. The number of rotatable bonds is 2. The van der Waals surface area contributed by atoms with Crippen molar-refractivity contribution in [3.63, 3.8) is 0 Å². The van der Waals surface area contributed by atoms with E-state index in [4.69, 9.17) is 11.0 Å². The van der Waals surface area contributed by atoms with Gasteiger partial charge in [0.05, 0.1) is 5.69 Å². The van der Waals surface area contributed by atoms with Crippen LogP contribution in [0.2, 0.25) is 0 Å². The second-order valence-electron chi connectivity index (χ2n) is 4.23. The molecule has 2 rings (SSSR count). The molecule has 8 heteroatoms. The van der Waals surface area contributed by atoms with Gasteiger partial charge >= 0.3 is 0 Å². The summed E-state index contributed by atoms with van der Waals surface area (Å²) < 4.78 is 40.4. The first-order valence-electron chi connectivity index (χ1n) is 5.47. The normalized spacial score (nSPS) is 10.4. The number of benzene rings is 1. The molecule has 0 spiro atoms. The maximum Gasteiger partial charge on any atom is 0.194 e. The van der Waals surface area contributed by atoms with Gasteiger partial charge < -0.3 is 10.6 Å². The van der Waals surface area contributed by atoms with Crippen LogP contribution in [-0.2, 0) is 0 Å². The summed E-state index contributed by atoms with van der Waals surface area (Å²) in [6.45, 7) is 0. The Kier molecular flexibility index (Phi) is 3.28. The van der Waals surface area contributed by atoms with Crippen molar-refractivity contribution in [1.82, 2.24) is 9.78 Å². The molecule has 20 heavy (non-hydrogen) atoms. The molecular formula is C12H10F3N5. The van der Waals surface area contributed by atoms with E-state index in [-0.39, 0.29) is 22.9 Å². The zero-order chi connectivity index (χ0) is 15.0. The molecule has 2 N–H and O–H groups in total. The van der Waals surface area contributed by atoms with E-state index in [9.17, 15) is 13.2 Å². The molecule has 0 fully saturated rings. The summed E-state index contributed by atoms with van der Waals surface area (Å²) in [7, 11) is 3.28. The Balaban J connectivity index is 2.68. The highest BCUT2D eigenvalue weighted by molar-refractivity contribution is 5.66. The zero-order valence-corrected chi connectivity index (χ0v) is 10.7. The smallest absolute Gasteiger partial charge is 0.194 e. The summed E-state index contributed by atoms with van der Waals surface area (Å²) in [5.74, 6) is -4.14. The monoisotopic (exact) mass is 281 g/mol. The first-order chi connectivity index (χ1) is 9.36. The van der Waals surface area contributed by atoms with Crippen molar-refractivity contribution in [1.29, 1.82) is 5.26 Å². The van der Waals surface area contributed by atoms with Crippen LogP contribution >= 0.6 is 0 Å². The molecule has 0 atom stereocenters. The zero-order valence-electron chi connectivity index (χ0n) is 10.7. The van der Waals surface area contributed by atoms with Crippen molar-refractivity contribution in [2.45, 2.75) is 0 Å². The lowest BCUT2D eigenvalue weighted by Crippen LogP contribution is -2.11. The van der Waals surface area contributed by atoms with Gasteiger partial charge in [0, 0.05) is 26.2 Å². The lowest BCUT2D eigenvalue weighted by atomic mass is 10.2. The standard InChI is InChI=1S/C12H10F3N5/c1-19(2)12-7(5-16)11(17)20(18-12)6-3-8(13)10(15)9(14)4-6/h3-4H,17H2,1-2H3. The minimum Gasteiger partial charge on any atom is -0.382 e. The molecule has 0 saturated heterocycles. The maximum absolute atomic E-state index is 13.2. The summed E-state index contributed by atoms with van der Waals surface area (Å²) in [5, 5.41) is 13.0. The Morgan fingerprint density at radius 1 is 1.25 bits per heavy atom. The molecular weight excluding hydrogens is 271 g/mol. The van der Waals surface area contributed by atoms with Crippen molar-refractivity contribution < 1.29 is 13.2 Å². The van der Waals surface area contributed by atoms with E-state index in [1.165, 1.54) is 4.90 Å². The molecule has 104 valence electrons. The van der Waals surface area contributed by atoms with Crippen molar-refractivity contribution in [3.05, 3.63) is 35.1 Å². The average molecular weight is 281 g/mol. The number of nitriles is 1.